The Bertz CT molecular complexity index is 534. The lowest BCUT2D eigenvalue weighted by atomic mass is 10.2. The Balaban J connectivity index is 2.68. The minimum Gasteiger partial charge on any atom is -0.345 e. The highest BCUT2D eigenvalue weighted by molar-refractivity contribution is 7.13. The smallest absolute Gasteiger partial charge is 0.121 e. The summed E-state index contributed by atoms with van der Waals surface area (Å²) in [4.78, 5) is 4.48. The van der Waals surface area contributed by atoms with Gasteiger partial charge in [-0.3, -0.25) is 0 Å². The molecule has 58 valence electrons. The second kappa shape index (κ2) is 2.08. The molecule has 3 aromatic rings. The topological polar surface area (TPSA) is 28.7 Å². The number of hydrogen-bond donors (Lipinski definition) is 1. The molecule has 0 saturated carbocycles. The highest BCUT2D eigenvalue weighted by Gasteiger charge is 2.03. The fourth-order valence-corrected chi connectivity index (χ4v) is 2.15. The average molecular weight is 174 g/mol. The van der Waals surface area contributed by atoms with Gasteiger partial charge in [-0.1, -0.05) is 18.2 Å². The van der Waals surface area contributed by atoms with E-state index < -0.39 is 0 Å². The molecule has 0 bridgehead atoms. The van der Waals surface area contributed by atoms with E-state index in [1.807, 2.05) is 18.3 Å². The quantitative estimate of drug-likeness (QED) is 0.557. The average Bonchev–Trinajstić information content (AvgIpc) is 2.62. The van der Waals surface area contributed by atoms with Gasteiger partial charge in [0.1, 0.15) is 4.83 Å². The molecule has 0 aliphatic carbocycles. The maximum absolute atomic E-state index is 4.12. The standard InChI is InChI=1S/C9H6N2S/c1-2-4-8-6(3-1)7-5-10-12-9(7)11-8/h1-5,11H. The molecular formula is C9H6N2S. The maximum Gasteiger partial charge on any atom is 0.121 e. The third kappa shape index (κ3) is 0.662. The number of hydrogen-bond acceptors (Lipinski definition) is 2. The molecule has 1 aromatic carbocycles. The number of aromatic amines is 1. The second-order valence-corrected chi connectivity index (χ2v) is 3.54. The first-order valence-electron chi connectivity index (χ1n) is 3.76. The van der Waals surface area contributed by atoms with E-state index in [0.29, 0.717) is 0 Å². The minimum atomic E-state index is 1.16. The molecule has 3 rings (SSSR count). The summed E-state index contributed by atoms with van der Waals surface area (Å²) in [5.74, 6) is 0. The number of nitrogens with one attached hydrogen (secondary N) is 1. The summed E-state index contributed by atoms with van der Waals surface area (Å²) in [7, 11) is 0. The summed E-state index contributed by atoms with van der Waals surface area (Å²) in [6, 6.07) is 8.29. The van der Waals surface area contributed by atoms with Gasteiger partial charge in [0, 0.05) is 16.3 Å². The molecule has 0 amide bonds. The Morgan fingerprint density at radius 1 is 1.17 bits per heavy atom. The van der Waals surface area contributed by atoms with Crippen LogP contribution in [0, 0.1) is 0 Å². The lowest BCUT2D eigenvalue weighted by molar-refractivity contribution is 1.58. The summed E-state index contributed by atoms with van der Waals surface area (Å²) >= 11 is 1.51. The van der Waals surface area contributed by atoms with Crippen LogP contribution in [0.3, 0.4) is 0 Å². The Labute approximate surface area is 73.0 Å². The molecule has 2 nitrogen and oxygen atoms in total. The van der Waals surface area contributed by atoms with Gasteiger partial charge in [0.15, 0.2) is 0 Å². The molecule has 0 aliphatic heterocycles. The van der Waals surface area contributed by atoms with Crippen LogP contribution >= 0.6 is 11.5 Å². The van der Waals surface area contributed by atoms with E-state index in [-0.39, 0.29) is 0 Å². The fourth-order valence-electron chi connectivity index (χ4n) is 1.47. The summed E-state index contributed by atoms with van der Waals surface area (Å²) in [5.41, 5.74) is 1.20. The maximum atomic E-state index is 4.12. The van der Waals surface area contributed by atoms with Gasteiger partial charge < -0.3 is 4.98 Å². The van der Waals surface area contributed by atoms with Gasteiger partial charge in [-0.15, -0.1) is 0 Å². The van der Waals surface area contributed by atoms with Crippen molar-refractivity contribution < 1.29 is 0 Å². The van der Waals surface area contributed by atoms with Gasteiger partial charge in [0.2, 0.25) is 0 Å². The molecular weight excluding hydrogens is 168 g/mol. The van der Waals surface area contributed by atoms with Crippen LogP contribution in [0.15, 0.2) is 30.5 Å². The number of aromatic nitrogens is 2. The molecule has 2 heterocycles. The van der Waals surface area contributed by atoms with Crippen molar-refractivity contribution >= 4 is 32.7 Å². The van der Waals surface area contributed by atoms with Crippen molar-refractivity contribution in [2.45, 2.75) is 0 Å². The second-order valence-electron chi connectivity index (χ2n) is 2.74. The van der Waals surface area contributed by atoms with Crippen LogP contribution in [0.1, 0.15) is 0 Å². The van der Waals surface area contributed by atoms with Crippen LogP contribution < -0.4 is 0 Å². The van der Waals surface area contributed by atoms with Gasteiger partial charge in [-0.05, 0) is 17.6 Å². The molecule has 2 aromatic heterocycles. The number of nitrogens with zero attached hydrogens (tertiary/aromatic N) is 1. The van der Waals surface area contributed by atoms with Crippen molar-refractivity contribution in [3.05, 3.63) is 30.5 Å². The normalized spacial score (nSPS) is 11.3. The molecule has 1 N–H and O–H groups in total. The van der Waals surface area contributed by atoms with E-state index in [1.54, 1.807) is 0 Å². The van der Waals surface area contributed by atoms with Gasteiger partial charge in [0.25, 0.3) is 0 Å². The van der Waals surface area contributed by atoms with E-state index in [0.717, 1.165) is 4.83 Å². The molecule has 0 radical (unpaired) electrons. The first-order chi connectivity index (χ1) is 5.95. The van der Waals surface area contributed by atoms with E-state index in [2.05, 4.69) is 21.5 Å². The Morgan fingerprint density at radius 3 is 3.08 bits per heavy atom. The lowest BCUT2D eigenvalue weighted by Gasteiger charge is -1.85. The third-order valence-electron chi connectivity index (χ3n) is 2.04. The van der Waals surface area contributed by atoms with Crippen molar-refractivity contribution in [3.8, 4) is 0 Å². The van der Waals surface area contributed by atoms with Crippen molar-refractivity contribution in [3.63, 3.8) is 0 Å². The predicted octanol–water partition coefficient (Wildman–Crippen LogP) is 2.78. The van der Waals surface area contributed by atoms with E-state index in [9.17, 15) is 0 Å². The van der Waals surface area contributed by atoms with Crippen LogP contribution in [0.5, 0.6) is 0 Å². The van der Waals surface area contributed by atoms with Gasteiger partial charge in [-0.2, -0.15) is 4.37 Å². The molecule has 3 heteroatoms. The molecule has 0 fully saturated rings. The zero-order valence-corrected chi connectivity index (χ0v) is 7.06. The molecule has 0 aliphatic rings. The van der Waals surface area contributed by atoms with Crippen LogP contribution in [-0.2, 0) is 0 Å². The van der Waals surface area contributed by atoms with Crippen molar-refractivity contribution in [2.75, 3.05) is 0 Å². The number of rotatable bonds is 0. The first-order valence-corrected chi connectivity index (χ1v) is 4.53. The Kier molecular flexibility index (Phi) is 1.07. The van der Waals surface area contributed by atoms with Crippen LogP contribution in [0.2, 0.25) is 0 Å². The van der Waals surface area contributed by atoms with Gasteiger partial charge in [-0.25, -0.2) is 0 Å². The van der Waals surface area contributed by atoms with Crippen molar-refractivity contribution in [1.29, 1.82) is 0 Å². The minimum absolute atomic E-state index is 1.16. The van der Waals surface area contributed by atoms with Crippen LogP contribution in [0.4, 0.5) is 0 Å². The summed E-state index contributed by atoms with van der Waals surface area (Å²) in [5, 5.41) is 2.50. The number of para-hydroxylation sites is 1. The summed E-state index contributed by atoms with van der Waals surface area (Å²) < 4.78 is 4.12. The Hall–Kier alpha value is -1.35. The summed E-state index contributed by atoms with van der Waals surface area (Å²) in [6.07, 6.45) is 1.92. The Morgan fingerprint density at radius 2 is 2.08 bits per heavy atom. The SMILES string of the molecule is c1ccc2c(c1)[nH]c1sncc12. The highest BCUT2D eigenvalue weighted by atomic mass is 32.1. The van der Waals surface area contributed by atoms with Crippen LogP contribution in [-0.4, -0.2) is 9.36 Å². The van der Waals surface area contributed by atoms with E-state index in [1.165, 1.54) is 27.8 Å². The monoisotopic (exact) mass is 174 g/mol. The predicted molar refractivity (Wildman–Crippen MR) is 51.5 cm³/mol. The van der Waals surface area contributed by atoms with E-state index in [4.69, 9.17) is 0 Å². The van der Waals surface area contributed by atoms with Crippen molar-refractivity contribution in [1.82, 2.24) is 9.36 Å². The number of benzene rings is 1. The molecule has 0 saturated heterocycles. The molecule has 0 atom stereocenters. The van der Waals surface area contributed by atoms with Crippen LogP contribution in [0.25, 0.3) is 21.1 Å². The van der Waals surface area contributed by atoms with Gasteiger partial charge in [0.05, 0.1) is 6.20 Å². The highest BCUT2D eigenvalue weighted by Crippen LogP contribution is 2.26. The zero-order valence-electron chi connectivity index (χ0n) is 6.24. The first kappa shape index (κ1) is 6.20. The number of H-pyrrole nitrogens is 1. The van der Waals surface area contributed by atoms with Crippen molar-refractivity contribution in [2.24, 2.45) is 0 Å². The lowest BCUT2D eigenvalue weighted by Crippen LogP contribution is -1.64. The fraction of sp³-hybridized carbons (Fsp3) is 0. The van der Waals surface area contributed by atoms with E-state index >= 15 is 0 Å². The summed E-state index contributed by atoms with van der Waals surface area (Å²) in [6.45, 7) is 0. The zero-order chi connectivity index (χ0) is 7.97. The molecule has 0 spiro atoms. The molecule has 0 unspecified atom stereocenters. The third-order valence-corrected chi connectivity index (χ3v) is 2.75. The molecule has 12 heavy (non-hydrogen) atoms. The number of fused-ring (bicyclic) bond motifs is 3. The van der Waals surface area contributed by atoms with Gasteiger partial charge >= 0.3 is 0 Å². The largest absolute Gasteiger partial charge is 0.345 e.